The summed E-state index contributed by atoms with van der Waals surface area (Å²) >= 11 is 0. The molecule has 0 amide bonds. The summed E-state index contributed by atoms with van der Waals surface area (Å²) in [6.45, 7) is 0.433. The maximum atomic E-state index is 5.44. The van der Waals surface area contributed by atoms with Crippen LogP contribution in [0.3, 0.4) is 0 Å². The molecule has 0 aliphatic heterocycles. The molecule has 0 spiro atoms. The first-order valence-corrected chi connectivity index (χ1v) is 6.43. The molecule has 0 radical (unpaired) electrons. The third-order valence-corrected chi connectivity index (χ3v) is 5.18. The van der Waals surface area contributed by atoms with Crippen LogP contribution < -0.4 is 11.8 Å². The molecule has 0 saturated heterocycles. The third-order valence-electron chi connectivity index (χ3n) is 5.18. The van der Waals surface area contributed by atoms with Crippen LogP contribution in [-0.2, 0) is 9.68 Å². The summed E-state index contributed by atoms with van der Waals surface area (Å²) in [7, 11) is 0. The van der Waals surface area contributed by atoms with Gasteiger partial charge in [-0.15, -0.1) is 0 Å². The monoisotopic (exact) mass is 226 g/mol. The third kappa shape index (κ3) is 1.59. The number of hydrogen-bond acceptors (Lipinski definition) is 4. The van der Waals surface area contributed by atoms with Crippen LogP contribution in [0.15, 0.2) is 0 Å². The smallest absolute Gasteiger partial charge is 0.110 e. The van der Waals surface area contributed by atoms with Gasteiger partial charge in [0.05, 0.1) is 6.61 Å². The van der Waals surface area contributed by atoms with Gasteiger partial charge in [-0.05, 0) is 56.3 Å². The Morgan fingerprint density at radius 3 is 1.88 bits per heavy atom. The second-order valence-electron chi connectivity index (χ2n) is 6.24. The largest absolute Gasteiger partial charge is 0.302 e. The Labute approximate surface area is 96.6 Å². The van der Waals surface area contributed by atoms with Crippen LogP contribution in [0.1, 0.15) is 38.5 Å². The predicted molar refractivity (Wildman–Crippen MR) is 59.8 cm³/mol. The van der Waals surface area contributed by atoms with Crippen molar-refractivity contribution in [2.45, 2.75) is 44.6 Å². The Kier molecular flexibility index (Phi) is 2.70. The average Bonchev–Trinajstić information content (AvgIpc) is 2.23. The second kappa shape index (κ2) is 3.95. The van der Waals surface area contributed by atoms with E-state index in [9.17, 15) is 0 Å². The van der Waals surface area contributed by atoms with E-state index in [1.54, 1.807) is 0 Å². The van der Waals surface area contributed by atoms with Crippen molar-refractivity contribution in [2.24, 2.45) is 35.0 Å². The molecule has 4 rings (SSSR count). The minimum absolute atomic E-state index is 0.00843. The molecule has 0 aromatic rings. The highest BCUT2D eigenvalue weighted by molar-refractivity contribution is 5.04. The van der Waals surface area contributed by atoms with Gasteiger partial charge in [0.1, 0.15) is 6.10 Å². The van der Waals surface area contributed by atoms with Gasteiger partial charge in [-0.2, -0.15) is 0 Å². The molecule has 92 valence electrons. The molecule has 4 heteroatoms. The van der Waals surface area contributed by atoms with Crippen LogP contribution in [0.25, 0.3) is 0 Å². The van der Waals surface area contributed by atoms with Crippen LogP contribution in [0, 0.1) is 23.2 Å². The van der Waals surface area contributed by atoms with Gasteiger partial charge in [-0.1, -0.05) is 0 Å². The highest BCUT2D eigenvalue weighted by Crippen LogP contribution is 2.61. The van der Waals surface area contributed by atoms with Crippen molar-refractivity contribution in [2.75, 3.05) is 6.61 Å². The van der Waals surface area contributed by atoms with Gasteiger partial charge in [0.2, 0.25) is 0 Å². The van der Waals surface area contributed by atoms with Crippen molar-refractivity contribution >= 4 is 0 Å². The molecule has 0 aromatic carbocycles. The summed E-state index contributed by atoms with van der Waals surface area (Å²) in [6.07, 6.45) is 8.09. The zero-order chi connectivity index (χ0) is 11.2. The summed E-state index contributed by atoms with van der Waals surface area (Å²) in [6, 6.07) is 0. The summed E-state index contributed by atoms with van der Waals surface area (Å²) in [4.78, 5) is 9.95. The Morgan fingerprint density at radius 1 is 1.00 bits per heavy atom. The van der Waals surface area contributed by atoms with Crippen LogP contribution in [0.5, 0.6) is 0 Å². The van der Waals surface area contributed by atoms with Crippen LogP contribution in [0.4, 0.5) is 0 Å². The fraction of sp³-hybridized carbons (Fsp3) is 1.00. The van der Waals surface area contributed by atoms with Crippen LogP contribution in [0.2, 0.25) is 0 Å². The molecule has 4 N–H and O–H groups in total. The van der Waals surface area contributed by atoms with E-state index in [-0.39, 0.29) is 11.5 Å². The van der Waals surface area contributed by atoms with Crippen molar-refractivity contribution < 1.29 is 9.68 Å². The lowest BCUT2D eigenvalue weighted by Crippen LogP contribution is -2.54. The Bertz CT molecular complexity index is 234. The quantitative estimate of drug-likeness (QED) is 0.710. The fourth-order valence-electron chi connectivity index (χ4n) is 5.02. The molecular weight excluding hydrogens is 204 g/mol. The number of nitrogens with two attached hydrogens (primary N) is 2. The highest BCUT2D eigenvalue weighted by atomic mass is 16.7. The lowest BCUT2D eigenvalue weighted by atomic mass is 9.48. The van der Waals surface area contributed by atoms with E-state index in [2.05, 4.69) is 0 Å². The molecule has 0 aromatic heterocycles. The Morgan fingerprint density at radius 2 is 1.50 bits per heavy atom. The average molecular weight is 226 g/mol. The molecule has 1 unspecified atom stereocenters. The van der Waals surface area contributed by atoms with Gasteiger partial charge >= 0.3 is 0 Å². The molecular formula is C12H22N2O2. The maximum Gasteiger partial charge on any atom is 0.110 e. The number of hydrogen-bond donors (Lipinski definition) is 2. The molecule has 0 heterocycles. The molecule has 16 heavy (non-hydrogen) atoms. The Balaban J connectivity index is 1.81. The number of rotatable bonds is 4. The van der Waals surface area contributed by atoms with E-state index in [1.165, 1.54) is 38.5 Å². The lowest BCUT2D eigenvalue weighted by Gasteiger charge is -2.58. The minimum atomic E-state index is -0.00843. The zero-order valence-corrected chi connectivity index (χ0v) is 9.73. The van der Waals surface area contributed by atoms with Gasteiger partial charge in [-0.3, -0.25) is 4.84 Å². The van der Waals surface area contributed by atoms with E-state index < -0.39 is 0 Å². The van der Waals surface area contributed by atoms with E-state index in [0.717, 1.165) is 17.8 Å². The van der Waals surface area contributed by atoms with Crippen molar-refractivity contribution in [1.82, 2.24) is 0 Å². The van der Waals surface area contributed by atoms with Crippen molar-refractivity contribution in [3.8, 4) is 0 Å². The van der Waals surface area contributed by atoms with E-state index in [1.807, 2.05) is 0 Å². The van der Waals surface area contributed by atoms with Gasteiger partial charge in [0.25, 0.3) is 0 Å². The van der Waals surface area contributed by atoms with Crippen LogP contribution >= 0.6 is 0 Å². The summed E-state index contributed by atoms with van der Waals surface area (Å²) in [5.41, 5.74) is 0.267. The van der Waals surface area contributed by atoms with E-state index in [4.69, 9.17) is 21.5 Å². The summed E-state index contributed by atoms with van der Waals surface area (Å²) < 4.78 is 0. The molecule has 4 fully saturated rings. The molecule has 4 nitrogen and oxygen atoms in total. The van der Waals surface area contributed by atoms with E-state index >= 15 is 0 Å². The van der Waals surface area contributed by atoms with Crippen LogP contribution in [-0.4, -0.2) is 12.7 Å². The van der Waals surface area contributed by atoms with Gasteiger partial charge in [-0.25, -0.2) is 11.8 Å². The SMILES string of the molecule is NOCC(ON)C12CC3CC(CC(C3)C1)C2. The fourth-order valence-corrected chi connectivity index (χ4v) is 5.02. The first-order valence-electron chi connectivity index (χ1n) is 6.43. The maximum absolute atomic E-state index is 5.44. The first-order chi connectivity index (χ1) is 7.75. The Hall–Kier alpha value is -0.160. The van der Waals surface area contributed by atoms with Crippen molar-refractivity contribution in [3.05, 3.63) is 0 Å². The standard InChI is InChI=1S/C12H22N2O2/c13-15-7-11(16-14)12-4-8-1-9(5-12)3-10(2-8)6-12/h8-11H,1-7,13-14H2. The topological polar surface area (TPSA) is 70.5 Å². The second-order valence-corrected chi connectivity index (χ2v) is 6.24. The molecule has 4 aliphatic rings. The van der Waals surface area contributed by atoms with Gasteiger partial charge < -0.3 is 4.84 Å². The lowest BCUT2D eigenvalue weighted by molar-refractivity contribution is -0.164. The van der Waals surface area contributed by atoms with Gasteiger partial charge in [0, 0.05) is 5.41 Å². The van der Waals surface area contributed by atoms with Crippen molar-refractivity contribution in [3.63, 3.8) is 0 Å². The van der Waals surface area contributed by atoms with Gasteiger partial charge in [0.15, 0.2) is 0 Å². The highest BCUT2D eigenvalue weighted by Gasteiger charge is 2.54. The first kappa shape index (κ1) is 11.0. The molecule has 4 aliphatic carbocycles. The molecule has 1 atom stereocenters. The minimum Gasteiger partial charge on any atom is -0.302 e. The molecule has 4 bridgehead atoms. The predicted octanol–water partition coefficient (Wildman–Crippen LogP) is 1.35. The van der Waals surface area contributed by atoms with Crippen molar-refractivity contribution in [1.29, 1.82) is 0 Å². The normalized spacial score (nSPS) is 47.2. The van der Waals surface area contributed by atoms with E-state index in [0.29, 0.717) is 6.61 Å². The molecule has 4 saturated carbocycles. The summed E-state index contributed by atoms with van der Waals surface area (Å²) in [5.74, 6) is 13.3. The summed E-state index contributed by atoms with van der Waals surface area (Å²) in [5, 5.41) is 0. The zero-order valence-electron chi connectivity index (χ0n) is 9.73.